The van der Waals surface area contributed by atoms with Crippen LogP contribution in [0.25, 0.3) is 0 Å². The van der Waals surface area contributed by atoms with Crippen LogP contribution in [0.2, 0.25) is 0 Å². The average molecular weight is 444 g/mol. The van der Waals surface area contributed by atoms with Crippen LogP contribution in [0.1, 0.15) is 60.7 Å². The van der Waals surface area contributed by atoms with Gasteiger partial charge in [0, 0.05) is 57.7 Å². The van der Waals surface area contributed by atoms with E-state index in [1.54, 1.807) is 9.80 Å². The number of fused-ring (bicyclic) bond motifs is 1. The van der Waals surface area contributed by atoms with Crippen molar-refractivity contribution in [1.29, 1.82) is 0 Å². The lowest BCUT2D eigenvalue weighted by Gasteiger charge is -2.36. The van der Waals surface area contributed by atoms with E-state index in [0.717, 1.165) is 11.0 Å². The number of nitro groups is 1. The second-order valence-corrected chi connectivity index (χ2v) is 9.35. The van der Waals surface area contributed by atoms with E-state index in [1.807, 2.05) is 20.8 Å². The number of rotatable bonds is 6. The van der Waals surface area contributed by atoms with Crippen LogP contribution in [0, 0.1) is 15.5 Å². The van der Waals surface area contributed by atoms with Crippen LogP contribution in [-0.2, 0) is 9.59 Å². The number of non-ortho nitro benzene ring substituents is 1. The van der Waals surface area contributed by atoms with E-state index in [9.17, 15) is 29.3 Å². The van der Waals surface area contributed by atoms with Crippen LogP contribution in [0.15, 0.2) is 18.2 Å². The quantitative estimate of drug-likeness (QED) is 0.376. The minimum Gasteiger partial charge on any atom is -0.339 e. The number of hydrogen-bond acceptors (Lipinski definition) is 6. The van der Waals surface area contributed by atoms with E-state index in [-0.39, 0.29) is 47.0 Å². The molecule has 1 aromatic rings. The molecule has 0 spiro atoms. The Balaban J connectivity index is 1.47. The standard InChI is InChI=1S/C22H28N4O6/c1-22(2,3)14-19(28)24-11-9-23(10-12-24)18(27)5-4-8-25-20(29)16-7-6-15(26(31)32)13-17(16)21(25)30/h6-7,13H,4-5,8-12,14H2,1-3H3. The first kappa shape index (κ1) is 23.4. The van der Waals surface area contributed by atoms with Crippen LogP contribution in [0.3, 0.4) is 0 Å². The number of imide groups is 1. The number of amides is 4. The summed E-state index contributed by atoms with van der Waals surface area (Å²) in [6.45, 7) is 8.03. The van der Waals surface area contributed by atoms with Gasteiger partial charge in [0.25, 0.3) is 17.5 Å². The summed E-state index contributed by atoms with van der Waals surface area (Å²) >= 11 is 0. The van der Waals surface area contributed by atoms with E-state index in [0.29, 0.717) is 39.0 Å². The molecule has 172 valence electrons. The normalized spacial score (nSPS) is 16.4. The van der Waals surface area contributed by atoms with E-state index in [2.05, 4.69) is 0 Å². The molecule has 1 aromatic carbocycles. The Bertz CT molecular complexity index is 960. The van der Waals surface area contributed by atoms with Gasteiger partial charge in [0.15, 0.2) is 0 Å². The summed E-state index contributed by atoms with van der Waals surface area (Å²) in [6.07, 6.45) is 0.934. The van der Waals surface area contributed by atoms with Gasteiger partial charge in [-0.25, -0.2) is 0 Å². The van der Waals surface area contributed by atoms with Crippen molar-refractivity contribution in [3.05, 3.63) is 39.4 Å². The maximum atomic E-state index is 12.5. The second kappa shape index (κ2) is 9.05. The molecular weight excluding hydrogens is 416 g/mol. The summed E-state index contributed by atoms with van der Waals surface area (Å²) in [5, 5.41) is 10.9. The van der Waals surface area contributed by atoms with Crippen LogP contribution in [0.5, 0.6) is 0 Å². The van der Waals surface area contributed by atoms with Crippen molar-refractivity contribution in [2.75, 3.05) is 32.7 Å². The Labute approximate surface area is 186 Å². The fourth-order valence-corrected chi connectivity index (χ4v) is 3.91. The first-order valence-electron chi connectivity index (χ1n) is 10.7. The number of carbonyl (C=O) groups is 4. The molecule has 4 amide bonds. The molecule has 0 atom stereocenters. The highest BCUT2D eigenvalue weighted by Crippen LogP contribution is 2.27. The van der Waals surface area contributed by atoms with E-state index in [4.69, 9.17) is 0 Å². The lowest BCUT2D eigenvalue weighted by Crippen LogP contribution is -2.51. The first-order valence-corrected chi connectivity index (χ1v) is 10.7. The summed E-state index contributed by atoms with van der Waals surface area (Å²) in [5.41, 5.74) is -0.171. The summed E-state index contributed by atoms with van der Waals surface area (Å²) in [4.78, 5) is 64.7. The molecular formula is C22H28N4O6. The van der Waals surface area contributed by atoms with Gasteiger partial charge in [-0.2, -0.15) is 0 Å². The van der Waals surface area contributed by atoms with E-state index in [1.165, 1.54) is 12.1 Å². The van der Waals surface area contributed by atoms with E-state index < -0.39 is 16.7 Å². The zero-order valence-corrected chi connectivity index (χ0v) is 18.6. The van der Waals surface area contributed by atoms with Gasteiger partial charge < -0.3 is 9.80 Å². The third-order valence-corrected chi connectivity index (χ3v) is 5.60. The monoisotopic (exact) mass is 444 g/mol. The minimum atomic E-state index is -0.615. The summed E-state index contributed by atoms with van der Waals surface area (Å²) in [5.74, 6) is -1.07. The van der Waals surface area contributed by atoms with Gasteiger partial charge in [-0.1, -0.05) is 20.8 Å². The van der Waals surface area contributed by atoms with Crippen molar-refractivity contribution < 1.29 is 24.1 Å². The molecule has 2 aliphatic rings. The predicted octanol–water partition coefficient (Wildman–Crippen LogP) is 2.08. The second-order valence-electron chi connectivity index (χ2n) is 9.35. The number of nitro benzene ring substituents is 1. The van der Waals surface area contributed by atoms with Crippen LogP contribution < -0.4 is 0 Å². The largest absolute Gasteiger partial charge is 0.339 e. The van der Waals surface area contributed by atoms with Crippen molar-refractivity contribution in [3.63, 3.8) is 0 Å². The first-order chi connectivity index (χ1) is 15.0. The van der Waals surface area contributed by atoms with Gasteiger partial charge in [-0.3, -0.25) is 34.2 Å². The number of nitrogens with zero attached hydrogens (tertiary/aromatic N) is 4. The summed E-state index contributed by atoms with van der Waals surface area (Å²) in [6, 6.07) is 3.60. The summed E-state index contributed by atoms with van der Waals surface area (Å²) < 4.78 is 0. The van der Waals surface area contributed by atoms with Crippen molar-refractivity contribution in [2.45, 2.75) is 40.0 Å². The number of hydrogen-bond donors (Lipinski definition) is 0. The highest BCUT2D eigenvalue weighted by atomic mass is 16.6. The van der Waals surface area contributed by atoms with Crippen molar-refractivity contribution in [2.24, 2.45) is 5.41 Å². The molecule has 10 heteroatoms. The third kappa shape index (κ3) is 5.12. The molecule has 10 nitrogen and oxygen atoms in total. The molecule has 0 aromatic heterocycles. The number of piperazine rings is 1. The third-order valence-electron chi connectivity index (χ3n) is 5.60. The summed E-state index contributed by atoms with van der Waals surface area (Å²) in [7, 11) is 0. The highest BCUT2D eigenvalue weighted by Gasteiger charge is 2.36. The van der Waals surface area contributed by atoms with Crippen molar-refractivity contribution in [3.8, 4) is 0 Å². The van der Waals surface area contributed by atoms with Crippen molar-refractivity contribution in [1.82, 2.24) is 14.7 Å². The van der Waals surface area contributed by atoms with Gasteiger partial charge >= 0.3 is 0 Å². The molecule has 32 heavy (non-hydrogen) atoms. The molecule has 1 fully saturated rings. The molecule has 0 aliphatic carbocycles. The molecule has 0 N–H and O–H groups in total. The Kier molecular flexibility index (Phi) is 6.61. The minimum absolute atomic E-state index is 0.0200. The zero-order chi connectivity index (χ0) is 23.6. The van der Waals surface area contributed by atoms with Gasteiger partial charge in [-0.15, -0.1) is 0 Å². The zero-order valence-electron chi connectivity index (χ0n) is 18.6. The van der Waals surface area contributed by atoms with Crippen molar-refractivity contribution >= 4 is 29.3 Å². The van der Waals surface area contributed by atoms with Gasteiger partial charge in [-0.05, 0) is 17.9 Å². The highest BCUT2D eigenvalue weighted by molar-refractivity contribution is 6.21. The number of carbonyl (C=O) groups excluding carboxylic acids is 4. The molecule has 3 rings (SSSR count). The predicted molar refractivity (Wildman–Crippen MR) is 115 cm³/mol. The molecule has 0 bridgehead atoms. The van der Waals surface area contributed by atoms with Gasteiger partial charge in [0.1, 0.15) is 0 Å². The molecule has 2 aliphatic heterocycles. The number of benzene rings is 1. The average Bonchev–Trinajstić information content (AvgIpc) is 2.96. The Morgan fingerprint density at radius 1 is 0.969 bits per heavy atom. The molecule has 0 unspecified atom stereocenters. The van der Waals surface area contributed by atoms with Crippen LogP contribution in [-0.4, -0.2) is 76.0 Å². The Morgan fingerprint density at radius 3 is 2.09 bits per heavy atom. The molecule has 2 heterocycles. The molecule has 0 radical (unpaired) electrons. The Morgan fingerprint density at radius 2 is 1.53 bits per heavy atom. The van der Waals surface area contributed by atoms with Crippen LogP contribution >= 0.6 is 0 Å². The van der Waals surface area contributed by atoms with E-state index >= 15 is 0 Å². The Hall–Kier alpha value is -3.30. The topological polar surface area (TPSA) is 121 Å². The van der Waals surface area contributed by atoms with Crippen LogP contribution in [0.4, 0.5) is 5.69 Å². The fourth-order valence-electron chi connectivity index (χ4n) is 3.91. The van der Waals surface area contributed by atoms with Gasteiger partial charge in [0.05, 0.1) is 16.1 Å². The SMILES string of the molecule is CC(C)(C)CC(=O)N1CCN(C(=O)CCCN2C(=O)c3ccc([N+](=O)[O-])cc3C2=O)CC1. The fraction of sp³-hybridized carbons (Fsp3) is 0.545. The smallest absolute Gasteiger partial charge is 0.270 e. The van der Waals surface area contributed by atoms with Gasteiger partial charge in [0.2, 0.25) is 11.8 Å². The lowest BCUT2D eigenvalue weighted by atomic mass is 9.91. The lowest BCUT2D eigenvalue weighted by molar-refractivity contribution is -0.384. The molecule has 0 saturated carbocycles. The maximum absolute atomic E-state index is 12.5. The maximum Gasteiger partial charge on any atom is 0.270 e. The molecule has 1 saturated heterocycles.